The van der Waals surface area contributed by atoms with E-state index in [0.717, 1.165) is 23.3 Å². The zero-order valence-electron chi connectivity index (χ0n) is 13.6. The zero-order valence-corrected chi connectivity index (χ0v) is 13.6. The van der Waals surface area contributed by atoms with Gasteiger partial charge in [-0.3, -0.25) is 4.79 Å². The molecule has 2 aromatic carbocycles. The van der Waals surface area contributed by atoms with E-state index >= 15 is 0 Å². The average Bonchev–Trinajstić information content (AvgIpc) is 3.33. The van der Waals surface area contributed by atoms with Crippen molar-refractivity contribution >= 4 is 11.6 Å². The summed E-state index contributed by atoms with van der Waals surface area (Å²) in [6.45, 7) is 0.731. The van der Waals surface area contributed by atoms with E-state index < -0.39 is 0 Å². The Kier molecular flexibility index (Phi) is 4.08. The maximum Gasteiger partial charge on any atom is 0.264 e. The second-order valence-corrected chi connectivity index (χ2v) is 5.81. The lowest BCUT2D eigenvalue weighted by Crippen LogP contribution is -2.27. The summed E-state index contributed by atoms with van der Waals surface area (Å²) >= 11 is 0. The fourth-order valence-electron chi connectivity index (χ4n) is 2.78. The van der Waals surface area contributed by atoms with Crippen molar-refractivity contribution in [3.8, 4) is 11.4 Å². The van der Waals surface area contributed by atoms with Gasteiger partial charge in [0.2, 0.25) is 0 Å². The van der Waals surface area contributed by atoms with E-state index in [0.29, 0.717) is 12.4 Å². The van der Waals surface area contributed by atoms with Crippen molar-refractivity contribution in [2.24, 2.45) is 5.10 Å². The third-order valence-corrected chi connectivity index (χ3v) is 4.06. The number of hydrazone groups is 1. The van der Waals surface area contributed by atoms with Crippen molar-refractivity contribution in [2.75, 3.05) is 6.54 Å². The molecule has 0 spiro atoms. The minimum atomic E-state index is -0.0876. The van der Waals surface area contributed by atoms with Gasteiger partial charge in [0, 0.05) is 12.0 Å². The first kappa shape index (κ1) is 15.3. The SMILES string of the molecule is O=C(Cn1cnc(-c2ccccc2)n1)N1CCC(c2ccccc2)=N1. The Bertz CT molecular complexity index is 902. The molecule has 0 fully saturated rings. The molecule has 1 amide bonds. The van der Waals surface area contributed by atoms with Gasteiger partial charge in [-0.15, -0.1) is 0 Å². The van der Waals surface area contributed by atoms with Gasteiger partial charge in [-0.1, -0.05) is 60.7 Å². The van der Waals surface area contributed by atoms with E-state index in [1.54, 1.807) is 11.0 Å². The lowest BCUT2D eigenvalue weighted by atomic mass is 10.1. The molecule has 1 aliphatic rings. The third kappa shape index (κ3) is 3.33. The van der Waals surface area contributed by atoms with Crippen LogP contribution in [0, 0.1) is 0 Å². The Morgan fingerprint density at radius 2 is 1.64 bits per heavy atom. The first-order valence-corrected chi connectivity index (χ1v) is 8.18. The molecule has 25 heavy (non-hydrogen) atoms. The highest BCUT2D eigenvalue weighted by molar-refractivity contribution is 6.02. The lowest BCUT2D eigenvalue weighted by molar-refractivity contribution is -0.131. The molecule has 6 heteroatoms. The number of rotatable bonds is 4. The van der Waals surface area contributed by atoms with E-state index in [1.165, 1.54) is 5.01 Å². The van der Waals surface area contributed by atoms with Crippen molar-refractivity contribution in [1.29, 1.82) is 0 Å². The monoisotopic (exact) mass is 331 g/mol. The van der Waals surface area contributed by atoms with E-state index in [4.69, 9.17) is 0 Å². The van der Waals surface area contributed by atoms with Gasteiger partial charge >= 0.3 is 0 Å². The Balaban J connectivity index is 1.45. The molecule has 0 saturated heterocycles. The highest BCUT2D eigenvalue weighted by Gasteiger charge is 2.22. The van der Waals surface area contributed by atoms with Gasteiger partial charge in [0.1, 0.15) is 12.9 Å². The Morgan fingerprint density at radius 1 is 0.960 bits per heavy atom. The van der Waals surface area contributed by atoms with Crippen LogP contribution in [0.2, 0.25) is 0 Å². The van der Waals surface area contributed by atoms with Gasteiger partial charge in [-0.2, -0.15) is 10.2 Å². The smallest absolute Gasteiger partial charge is 0.264 e. The standard InChI is InChI=1S/C19H17N5O/c25-18(24-12-11-17(21-24)15-7-3-1-4-8-15)13-23-14-20-19(22-23)16-9-5-2-6-10-16/h1-10,14H,11-13H2. The first-order chi connectivity index (χ1) is 12.3. The number of benzene rings is 2. The van der Waals surface area contributed by atoms with Gasteiger partial charge in [0.05, 0.1) is 12.3 Å². The number of amides is 1. The van der Waals surface area contributed by atoms with Crippen molar-refractivity contribution in [1.82, 2.24) is 19.8 Å². The second kappa shape index (κ2) is 6.68. The summed E-state index contributed by atoms with van der Waals surface area (Å²) < 4.78 is 1.56. The molecule has 0 aliphatic carbocycles. The van der Waals surface area contributed by atoms with Crippen LogP contribution in [-0.2, 0) is 11.3 Å². The molecule has 6 nitrogen and oxygen atoms in total. The van der Waals surface area contributed by atoms with Crippen LogP contribution in [-0.4, -0.2) is 37.9 Å². The van der Waals surface area contributed by atoms with Crippen molar-refractivity contribution < 1.29 is 4.79 Å². The van der Waals surface area contributed by atoms with Crippen LogP contribution in [0.3, 0.4) is 0 Å². The summed E-state index contributed by atoms with van der Waals surface area (Å²) in [5.41, 5.74) is 2.93. The van der Waals surface area contributed by atoms with E-state index in [9.17, 15) is 4.79 Å². The largest absolute Gasteiger partial charge is 0.271 e. The maximum atomic E-state index is 12.5. The molecule has 1 aromatic heterocycles. The quantitative estimate of drug-likeness (QED) is 0.738. The third-order valence-electron chi connectivity index (χ3n) is 4.06. The van der Waals surface area contributed by atoms with E-state index in [-0.39, 0.29) is 12.5 Å². The van der Waals surface area contributed by atoms with Crippen LogP contribution in [0.25, 0.3) is 11.4 Å². The molecule has 0 atom stereocenters. The predicted molar refractivity (Wildman–Crippen MR) is 94.8 cm³/mol. The van der Waals surface area contributed by atoms with Crippen LogP contribution in [0.5, 0.6) is 0 Å². The molecule has 0 saturated carbocycles. The highest BCUT2D eigenvalue weighted by Crippen LogP contribution is 2.15. The minimum absolute atomic E-state index is 0.0876. The van der Waals surface area contributed by atoms with Gasteiger partial charge in [-0.25, -0.2) is 14.7 Å². The molecule has 0 bridgehead atoms. The summed E-state index contributed by atoms with van der Waals surface area (Å²) in [6.07, 6.45) is 2.35. The molecule has 124 valence electrons. The van der Waals surface area contributed by atoms with Crippen molar-refractivity contribution in [2.45, 2.75) is 13.0 Å². The second-order valence-electron chi connectivity index (χ2n) is 5.81. The summed E-state index contributed by atoms with van der Waals surface area (Å²) in [4.78, 5) is 16.7. The number of carbonyl (C=O) groups is 1. The molecule has 0 radical (unpaired) electrons. The molecule has 0 unspecified atom stereocenters. The van der Waals surface area contributed by atoms with Gasteiger partial charge < -0.3 is 0 Å². The summed E-state index contributed by atoms with van der Waals surface area (Å²) in [5, 5.41) is 10.4. The minimum Gasteiger partial charge on any atom is -0.271 e. The summed E-state index contributed by atoms with van der Waals surface area (Å²) in [7, 11) is 0. The number of hydrogen-bond acceptors (Lipinski definition) is 4. The normalized spacial score (nSPS) is 13.8. The van der Waals surface area contributed by atoms with Crippen LogP contribution >= 0.6 is 0 Å². The molecule has 4 rings (SSSR count). The molecule has 1 aliphatic heterocycles. The van der Waals surface area contributed by atoms with Crippen molar-refractivity contribution in [3.05, 3.63) is 72.6 Å². The van der Waals surface area contributed by atoms with Crippen LogP contribution in [0.15, 0.2) is 72.1 Å². The maximum absolute atomic E-state index is 12.5. The van der Waals surface area contributed by atoms with Gasteiger partial charge in [0.15, 0.2) is 5.82 Å². The zero-order chi connectivity index (χ0) is 17.1. The molecular weight excluding hydrogens is 314 g/mol. The Labute approximate surface area is 145 Å². The number of aromatic nitrogens is 3. The fraction of sp³-hybridized carbons (Fsp3) is 0.158. The summed E-state index contributed by atoms with van der Waals surface area (Å²) in [5.74, 6) is 0.527. The number of hydrogen-bond donors (Lipinski definition) is 0. The molecular formula is C19H17N5O. The van der Waals surface area contributed by atoms with Crippen LogP contribution < -0.4 is 0 Å². The van der Waals surface area contributed by atoms with Crippen LogP contribution in [0.4, 0.5) is 0 Å². The Morgan fingerprint density at radius 3 is 2.36 bits per heavy atom. The van der Waals surface area contributed by atoms with Gasteiger partial charge in [0.25, 0.3) is 5.91 Å². The van der Waals surface area contributed by atoms with Crippen LogP contribution in [0.1, 0.15) is 12.0 Å². The highest BCUT2D eigenvalue weighted by atomic mass is 16.2. The van der Waals surface area contributed by atoms with E-state index in [1.807, 2.05) is 60.7 Å². The average molecular weight is 331 g/mol. The molecule has 0 N–H and O–H groups in total. The molecule has 2 heterocycles. The predicted octanol–water partition coefficient (Wildman–Crippen LogP) is 2.58. The van der Waals surface area contributed by atoms with Gasteiger partial charge in [-0.05, 0) is 5.56 Å². The lowest BCUT2D eigenvalue weighted by Gasteiger charge is -2.10. The Hall–Kier alpha value is -3.28. The fourth-order valence-corrected chi connectivity index (χ4v) is 2.78. The summed E-state index contributed by atoms with van der Waals surface area (Å²) in [6, 6.07) is 19.6. The van der Waals surface area contributed by atoms with Crippen molar-refractivity contribution in [3.63, 3.8) is 0 Å². The van der Waals surface area contributed by atoms with E-state index in [2.05, 4.69) is 15.2 Å². The topological polar surface area (TPSA) is 63.4 Å². The first-order valence-electron chi connectivity index (χ1n) is 8.18. The number of carbonyl (C=O) groups excluding carboxylic acids is 1. The number of nitrogens with zero attached hydrogens (tertiary/aromatic N) is 5. The molecule has 3 aromatic rings.